The Kier molecular flexibility index (Phi) is 8.85. The van der Waals surface area contributed by atoms with E-state index in [2.05, 4.69) is 20.7 Å². The van der Waals surface area contributed by atoms with Gasteiger partial charge < -0.3 is 18.9 Å². The molecule has 0 fully saturated rings. The summed E-state index contributed by atoms with van der Waals surface area (Å²) in [6.07, 6.45) is 4.22. The van der Waals surface area contributed by atoms with E-state index in [0.29, 0.717) is 23.5 Å². The summed E-state index contributed by atoms with van der Waals surface area (Å²) < 4.78 is 21.6. The van der Waals surface area contributed by atoms with Gasteiger partial charge in [0, 0.05) is 16.1 Å². The molecular formula is C23H20BrNO6. The Morgan fingerprint density at radius 2 is 1.84 bits per heavy atom. The molecule has 0 aliphatic carbocycles. The maximum Gasteiger partial charge on any atom is 0.348 e. The van der Waals surface area contributed by atoms with Crippen LogP contribution in [0.1, 0.15) is 18.1 Å². The summed E-state index contributed by atoms with van der Waals surface area (Å²) in [4.78, 5) is 23.9. The average Bonchev–Trinajstić information content (AvgIpc) is 2.77. The largest absolute Gasteiger partial charge is 0.493 e. The molecule has 2 aromatic rings. The van der Waals surface area contributed by atoms with Crippen LogP contribution in [0.2, 0.25) is 0 Å². The van der Waals surface area contributed by atoms with Crippen LogP contribution in [0.15, 0.2) is 52.5 Å². The Bertz CT molecular complexity index is 1070. The standard InChI is InChI=1S/C23H20BrNO6/c1-4-30-19-9-7-18(24)13-16(19)6-10-22(26)31-20-8-5-15(12-21(20)28-2)11-17(14-25)23(27)29-3/h5-13H,4H2,1-3H3/b10-6+,17-11+. The second-order valence-corrected chi connectivity index (χ2v) is 6.86. The van der Waals surface area contributed by atoms with Crippen LogP contribution < -0.4 is 14.2 Å². The zero-order valence-corrected chi connectivity index (χ0v) is 18.8. The topological polar surface area (TPSA) is 94.9 Å². The molecule has 0 aromatic heterocycles. The molecule has 0 unspecified atom stereocenters. The van der Waals surface area contributed by atoms with Gasteiger partial charge in [-0.1, -0.05) is 22.0 Å². The Morgan fingerprint density at radius 1 is 1.10 bits per heavy atom. The summed E-state index contributed by atoms with van der Waals surface area (Å²) >= 11 is 3.39. The highest BCUT2D eigenvalue weighted by atomic mass is 79.9. The number of hydrogen-bond acceptors (Lipinski definition) is 7. The second kappa shape index (κ2) is 11.6. The Balaban J connectivity index is 2.21. The van der Waals surface area contributed by atoms with Crippen molar-refractivity contribution in [3.05, 3.63) is 63.6 Å². The van der Waals surface area contributed by atoms with Crippen molar-refractivity contribution in [2.75, 3.05) is 20.8 Å². The fourth-order valence-electron chi connectivity index (χ4n) is 2.51. The van der Waals surface area contributed by atoms with E-state index < -0.39 is 11.9 Å². The molecule has 0 radical (unpaired) electrons. The molecule has 7 nitrogen and oxygen atoms in total. The number of halogens is 1. The molecule has 0 bridgehead atoms. The quantitative estimate of drug-likeness (QED) is 0.234. The van der Waals surface area contributed by atoms with Gasteiger partial charge in [0.05, 0.1) is 20.8 Å². The Hall–Kier alpha value is -3.57. The van der Waals surface area contributed by atoms with Crippen molar-refractivity contribution in [2.24, 2.45) is 0 Å². The molecule has 0 aliphatic rings. The number of carbonyl (C=O) groups excluding carboxylic acids is 2. The van der Waals surface area contributed by atoms with Crippen LogP contribution in [-0.2, 0) is 14.3 Å². The number of nitriles is 1. The average molecular weight is 486 g/mol. The molecule has 0 spiro atoms. The number of nitrogens with zero attached hydrogens (tertiary/aromatic N) is 1. The zero-order valence-electron chi connectivity index (χ0n) is 17.2. The molecule has 31 heavy (non-hydrogen) atoms. The predicted octanol–water partition coefficient (Wildman–Crippen LogP) is 4.56. The van der Waals surface area contributed by atoms with Crippen LogP contribution in [0.3, 0.4) is 0 Å². The van der Waals surface area contributed by atoms with Gasteiger partial charge in [-0.15, -0.1) is 0 Å². The summed E-state index contributed by atoms with van der Waals surface area (Å²) in [5.41, 5.74) is 1.05. The number of carbonyl (C=O) groups is 2. The van der Waals surface area contributed by atoms with E-state index in [-0.39, 0.29) is 17.1 Å². The molecule has 2 rings (SSSR count). The lowest BCUT2D eigenvalue weighted by atomic mass is 10.1. The summed E-state index contributed by atoms with van der Waals surface area (Å²) in [5, 5.41) is 9.07. The summed E-state index contributed by atoms with van der Waals surface area (Å²) in [6.45, 7) is 2.37. The van der Waals surface area contributed by atoms with Gasteiger partial charge in [-0.2, -0.15) is 5.26 Å². The maximum atomic E-state index is 12.3. The van der Waals surface area contributed by atoms with E-state index >= 15 is 0 Å². The molecule has 0 N–H and O–H groups in total. The van der Waals surface area contributed by atoms with Crippen molar-refractivity contribution in [3.8, 4) is 23.3 Å². The predicted molar refractivity (Wildman–Crippen MR) is 119 cm³/mol. The van der Waals surface area contributed by atoms with Crippen molar-refractivity contribution in [1.29, 1.82) is 5.26 Å². The maximum absolute atomic E-state index is 12.3. The molecule has 2 aromatic carbocycles. The number of esters is 2. The smallest absolute Gasteiger partial charge is 0.348 e. The Morgan fingerprint density at radius 3 is 2.48 bits per heavy atom. The highest BCUT2D eigenvalue weighted by Crippen LogP contribution is 2.30. The lowest BCUT2D eigenvalue weighted by Gasteiger charge is -2.09. The van der Waals surface area contributed by atoms with Crippen LogP contribution in [0.5, 0.6) is 17.2 Å². The van der Waals surface area contributed by atoms with Gasteiger partial charge in [0.15, 0.2) is 11.5 Å². The highest BCUT2D eigenvalue weighted by Gasteiger charge is 2.12. The van der Waals surface area contributed by atoms with Crippen molar-refractivity contribution >= 4 is 40.0 Å². The van der Waals surface area contributed by atoms with E-state index in [4.69, 9.17) is 19.5 Å². The number of methoxy groups -OCH3 is 2. The number of rotatable bonds is 8. The minimum atomic E-state index is -0.749. The number of ether oxygens (including phenoxy) is 4. The van der Waals surface area contributed by atoms with Gasteiger partial charge >= 0.3 is 11.9 Å². The summed E-state index contributed by atoms with van der Waals surface area (Å²) in [6, 6.07) is 11.9. The molecule has 0 aliphatic heterocycles. The first-order valence-electron chi connectivity index (χ1n) is 9.12. The number of benzene rings is 2. The van der Waals surface area contributed by atoms with Crippen molar-refractivity contribution in [1.82, 2.24) is 0 Å². The minimum Gasteiger partial charge on any atom is -0.493 e. The molecule has 160 valence electrons. The first kappa shape index (κ1) is 23.7. The summed E-state index contributed by atoms with van der Waals surface area (Å²) in [5.74, 6) is -0.278. The van der Waals surface area contributed by atoms with Crippen LogP contribution in [0.4, 0.5) is 0 Å². The van der Waals surface area contributed by atoms with Crippen LogP contribution in [-0.4, -0.2) is 32.8 Å². The Labute approximate surface area is 188 Å². The lowest BCUT2D eigenvalue weighted by molar-refractivity contribution is -0.135. The second-order valence-electron chi connectivity index (χ2n) is 5.94. The van der Waals surface area contributed by atoms with Gasteiger partial charge in [-0.3, -0.25) is 0 Å². The van der Waals surface area contributed by atoms with Gasteiger partial charge in [0.1, 0.15) is 17.4 Å². The van der Waals surface area contributed by atoms with E-state index in [0.717, 1.165) is 4.47 Å². The SMILES string of the molecule is CCOc1ccc(Br)cc1/C=C/C(=O)Oc1ccc(/C=C(\C#N)C(=O)OC)cc1OC. The van der Waals surface area contributed by atoms with Crippen molar-refractivity contribution in [2.45, 2.75) is 6.92 Å². The van der Waals surface area contributed by atoms with Crippen LogP contribution in [0, 0.1) is 11.3 Å². The molecule has 8 heteroatoms. The minimum absolute atomic E-state index is 0.170. The van der Waals surface area contributed by atoms with E-state index in [9.17, 15) is 9.59 Å². The van der Waals surface area contributed by atoms with Crippen molar-refractivity contribution < 1.29 is 28.5 Å². The van der Waals surface area contributed by atoms with Gasteiger partial charge in [-0.05, 0) is 55.0 Å². The van der Waals surface area contributed by atoms with Crippen LogP contribution in [0.25, 0.3) is 12.2 Å². The molecule has 0 heterocycles. The van der Waals surface area contributed by atoms with E-state index in [1.807, 2.05) is 19.1 Å². The molecular weight excluding hydrogens is 466 g/mol. The third-order valence-corrected chi connectivity index (χ3v) is 4.40. The highest BCUT2D eigenvalue weighted by molar-refractivity contribution is 9.10. The monoisotopic (exact) mass is 485 g/mol. The van der Waals surface area contributed by atoms with Crippen molar-refractivity contribution in [3.63, 3.8) is 0 Å². The van der Waals surface area contributed by atoms with Gasteiger partial charge in [0.25, 0.3) is 0 Å². The van der Waals surface area contributed by atoms with Crippen LogP contribution >= 0.6 is 15.9 Å². The molecule has 0 amide bonds. The fourth-order valence-corrected chi connectivity index (χ4v) is 2.89. The first-order chi connectivity index (χ1) is 14.9. The first-order valence-corrected chi connectivity index (χ1v) is 9.91. The zero-order chi connectivity index (χ0) is 22.8. The third kappa shape index (κ3) is 6.73. The number of hydrogen-bond donors (Lipinski definition) is 0. The molecule has 0 saturated carbocycles. The lowest BCUT2D eigenvalue weighted by Crippen LogP contribution is -2.05. The molecule has 0 saturated heterocycles. The fraction of sp³-hybridized carbons (Fsp3) is 0.174. The molecule has 0 atom stereocenters. The third-order valence-electron chi connectivity index (χ3n) is 3.91. The van der Waals surface area contributed by atoms with Gasteiger partial charge in [-0.25, -0.2) is 9.59 Å². The van der Waals surface area contributed by atoms with E-state index in [1.165, 1.54) is 38.5 Å². The van der Waals surface area contributed by atoms with E-state index in [1.54, 1.807) is 24.3 Å². The summed E-state index contributed by atoms with van der Waals surface area (Å²) in [7, 11) is 2.60. The normalized spacial score (nSPS) is 11.0. The van der Waals surface area contributed by atoms with Gasteiger partial charge in [0.2, 0.25) is 0 Å².